The van der Waals surface area contributed by atoms with Crippen molar-refractivity contribution in [3.63, 3.8) is 0 Å². The van der Waals surface area contributed by atoms with Crippen LogP contribution < -0.4 is 9.47 Å². The summed E-state index contributed by atoms with van der Waals surface area (Å²) in [5, 5.41) is 10.3. The molecule has 0 spiro atoms. The Hall–Kier alpha value is -2.42. The number of ketones is 1. The highest BCUT2D eigenvalue weighted by Crippen LogP contribution is 2.28. The van der Waals surface area contributed by atoms with Gasteiger partial charge in [0.05, 0.1) is 44.4 Å². The van der Waals surface area contributed by atoms with Gasteiger partial charge in [0.2, 0.25) is 0 Å². The van der Waals surface area contributed by atoms with Crippen molar-refractivity contribution < 1.29 is 27.8 Å². The molecule has 1 heterocycles. The lowest BCUT2D eigenvalue weighted by atomic mass is 10.1. The highest BCUT2D eigenvalue weighted by atomic mass is 32.2. The van der Waals surface area contributed by atoms with E-state index in [-0.39, 0.29) is 23.8 Å². The van der Waals surface area contributed by atoms with Crippen LogP contribution in [0.15, 0.2) is 48.5 Å². The molecule has 1 aliphatic rings. The average molecular weight is 419 g/mol. The molecular weight excluding hydrogens is 394 g/mol. The molecule has 1 aliphatic heterocycles. The van der Waals surface area contributed by atoms with Crippen molar-refractivity contribution in [2.24, 2.45) is 0 Å². The first-order chi connectivity index (χ1) is 13.8. The lowest BCUT2D eigenvalue weighted by Crippen LogP contribution is -2.45. The van der Waals surface area contributed by atoms with E-state index in [1.807, 2.05) is 30.3 Å². The number of methoxy groups -OCH3 is 2. The summed E-state index contributed by atoms with van der Waals surface area (Å²) in [7, 11) is -0.331. The Labute approximate surface area is 170 Å². The van der Waals surface area contributed by atoms with Gasteiger partial charge in [0, 0.05) is 12.1 Å². The summed E-state index contributed by atoms with van der Waals surface area (Å²) >= 11 is 0. The van der Waals surface area contributed by atoms with Crippen LogP contribution in [-0.4, -0.2) is 68.6 Å². The summed E-state index contributed by atoms with van der Waals surface area (Å²) in [6, 6.07) is 13.7. The van der Waals surface area contributed by atoms with Crippen molar-refractivity contribution >= 4 is 15.6 Å². The highest BCUT2D eigenvalue weighted by molar-refractivity contribution is 7.91. The third-order valence-corrected chi connectivity index (χ3v) is 6.74. The number of aliphatic hydroxyl groups is 1. The van der Waals surface area contributed by atoms with Gasteiger partial charge in [-0.15, -0.1) is 0 Å². The van der Waals surface area contributed by atoms with Crippen molar-refractivity contribution in [1.82, 2.24) is 4.90 Å². The van der Waals surface area contributed by atoms with Crippen LogP contribution in [0.2, 0.25) is 0 Å². The van der Waals surface area contributed by atoms with E-state index in [1.165, 1.54) is 14.2 Å². The standard InChI is InChI=1S/C21H25NO6S/c1-27-20-9-8-16(10-21(20)28-2)18(23)12-22(11-15-6-4-3-5-7-15)17-13-29(25,26)14-19(17)24/h3-10,17,19,24H,11-14H2,1-2H3/t17-,19-/m0/s1. The molecule has 0 amide bonds. The topological polar surface area (TPSA) is 93.1 Å². The first-order valence-corrected chi connectivity index (χ1v) is 11.1. The molecule has 2 aromatic carbocycles. The largest absolute Gasteiger partial charge is 0.493 e. The Bertz CT molecular complexity index is 960. The maximum absolute atomic E-state index is 13.0. The third kappa shape index (κ3) is 5.14. The molecule has 3 rings (SSSR count). The number of Topliss-reactive ketones (excluding diaryl/α,β-unsaturated/α-hetero) is 1. The maximum Gasteiger partial charge on any atom is 0.176 e. The Morgan fingerprint density at radius 3 is 2.34 bits per heavy atom. The number of hydrogen-bond acceptors (Lipinski definition) is 7. The fourth-order valence-electron chi connectivity index (χ4n) is 3.55. The predicted octanol–water partition coefficient (Wildman–Crippen LogP) is 1.55. The van der Waals surface area contributed by atoms with Crippen LogP contribution in [0.25, 0.3) is 0 Å². The van der Waals surface area contributed by atoms with Crippen LogP contribution in [0.5, 0.6) is 11.5 Å². The molecule has 0 saturated carbocycles. The van der Waals surface area contributed by atoms with Gasteiger partial charge in [-0.3, -0.25) is 9.69 Å². The normalized spacial score (nSPS) is 20.6. The number of nitrogens with zero attached hydrogens (tertiary/aromatic N) is 1. The second-order valence-electron chi connectivity index (χ2n) is 7.10. The van der Waals surface area contributed by atoms with Crippen LogP contribution in [-0.2, 0) is 16.4 Å². The van der Waals surface area contributed by atoms with E-state index in [2.05, 4.69) is 0 Å². The number of ether oxygens (including phenoxy) is 2. The number of rotatable bonds is 8. The van der Waals surface area contributed by atoms with Gasteiger partial charge in [0.15, 0.2) is 27.1 Å². The van der Waals surface area contributed by atoms with Crippen molar-refractivity contribution in [3.8, 4) is 11.5 Å². The lowest BCUT2D eigenvalue weighted by molar-refractivity contribution is 0.0665. The van der Waals surface area contributed by atoms with E-state index in [4.69, 9.17) is 9.47 Å². The van der Waals surface area contributed by atoms with Gasteiger partial charge < -0.3 is 14.6 Å². The first-order valence-electron chi connectivity index (χ1n) is 9.24. The Balaban J connectivity index is 1.85. The zero-order chi connectivity index (χ0) is 21.0. The molecule has 156 valence electrons. The fourth-order valence-corrected chi connectivity index (χ4v) is 5.38. The molecule has 1 fully saturated rings. The number of benzene rings is 2. The molecule has 0 aromatic heterocycles. The summed E-state index contributed by atoms with van der Waals surface area (Å²) in [4.78, 5) is 14.7. The number of carbonyl (C=O) groups is 1. The molecule has 1 N–H and O–H groups in total. The van der Waals surface area contributed by atoms with E-state index < -0.39 is 22.0 Å². The molecule has 7 nitrogen and oxygen atoms in total. The predicted molar refractivity (Wildman–Crippen MR) is 109 cm³/mol. The van der Waals surface area contributed by atoms with E-state index in [1.54, 1.807) is 23.1 Å². The zero-order valence-corrected chi connectivity index (χ0v) is 17.3. The molecule has 1 saturated heterocycles. The summed E-state index contributed by atoms with van der Waals surface area (Å²) in [5.41, 5.74) is 1.36. The quantitative estimate of drug-likeness (QED) is 0.649. The van der Waals surface area contributed by atoms with Gasteiger partial charge in [-0.1, -0.05) is 30.3 Å². The van der Waals surface area contributed by atoms with E-state index in [0.29, 0.717) is 23.6 Å². The summed E-state index contributed by atoms with van der Waals surface area (Å²) in [6.45, 7) is 0.332. The monoisotopic (exact) mass is 419 g/mol. The lowest BCUT2D eigenvalue weighted by Gasteiger charge is -2.29. The molecule has 0 radical (unpaired) electrons. The van der Waals surface area contributed by atoms with Crippen LogP contribution in [0.3, 0.4) is 0 Å². The van der Waals surface area contributed by atoms with Gasteiger partial charge in [-0.2, -0.15) is 0 Å². The molecular formula is C21H25NO6S. The van der Waals surface area contributed by atoms with E-state index >= 15 is 0 Å². The first kappa shape index (κ1) is 21.3. The highest BCUT2D eigenvalue weighted by Gasteiger charge is 2.40. The van der Waals surface area contributed by atoms with Gasteiger partial charge in [0.1, 0.15) is 0 Å². The molecule has 2 atom stereocenters. The fraction of sp³-hybridized carbons (Fsp3) is 0.381. The van der Waals surface area contributed by atoms with Gasteiger partial charge in [0.25, 0.3) is 0 Å². The minimum atomic E-state index is -3.34. The number of carbonyl (C=O) groups excluding carboxylic acids is 1. The zero-order valence-electron chi connectivity index (χ0n) is 16.4. The van der Waals surface area contributed by atoms with Gasteiger partial charge in [-0.05, 0) is 23.8 Å². The van der Waals surface area contributed by atoms with Crippen LogP contribution in [0, 0.1) is 0 Å². The van der Waals surface area contributed by atoms with Crippen molar-refractivity contribution in [2.45, 2.75) is 18.7 Å². The minimum absolute atomic E-state index is 0.0262. The van der Waals surface area contributed by atoms with Crippen molar-refractivity contribution in [2.75, 3.05) is 32.3 Å². The number of sulfone groups is 1. The summed E-state index contributed by atoms with van der Waals surface area (Å²) in [5.74, 6) is 0.311. The molecule has 0 unspecified atom stereocenters. The Morgan fingerprint density at radius 1 is 1.07 bits per heavy atom. The summed E-state index contributed by atoms with van der Waals surface area (Å²) < 4.78 is 34.5. The average Bonchev–Trinajstić information content (AvgIpc) is 2.99. The molecule has 2 aromatic rings. The maximum atomic E-state index is 13.0. The van der Waals surface area contributed by atoms with Crippen LogP contribution in [0.1, 0.15) is 15.9 Å². The Morgan fingerprint density at radius 2 is 1.76 bits per heavy atom. The molecule has 29 heavy (non-hydrogen) atoms. The van der Waals surface area contributed by atoms with Crippen LogP contribution in [0.4, 0.5) is 0 Å². The van der Waals surface area contributed by atoms with Crippen molar-refractivity contribution in [3.05, 3.63) is 59.7 Å². The second-order valence-corrected chi connectivity index (χ2v) is 9.25. The minimum Gasteiger partial charge on any atom is -0.493 e. The number of aliphatic hydroxyl groups excluding tert-OH is 1. The summed E-state index contributed by atoms with van der Waals surface area (Å²) in [6.07, 6.45) is -1.03. The van der Waals surface area contributed by atoms with Gasteiger partial charge in [-0.25, -0.2) is 8.42 Å². The molecule has 8 heteroatoms. The van der Waals surface area contributed by atoms with Crippen molar-refractivity contribution in [1.29, 1.82) is 0 Å². The van der Waals surface area contributed by atoms with E-state index in [9.17, 15) is 18.3 Å². The third-order valence-electron chi connectivity index (χ3n) is 5.04. The smallest absolute Gasteiger partial charge is 0.176 e. The number of hydrogen-bond donors (Lipinski definition) is 1. The molecule has 0 bridgehead atoms. The van der Waals surface area contributed by atoms with Crippen LogP contribution >= 0.6 is 0 Å². The second kappa shape index (κ2) is 8.94. The molecule has 0 aliphatic carbocycles. The van der Waals surface area contributed by atoms with E-state index in [0.717, 1.165) is 5.56 Å². The Kier molecular flexibility index (Phi) is 6.56. The SMILES string of the molecule is COc1ccc(C(=O)CN(Cc2ccccc2)[C@H]2CS(=O)(=O)C[C@@H]2O)cc1OC. The van der Waals surface area contributed by atoms with Gasteiger partial charge >= 0.3 is 0 Å².